The summed E-state index contributed by atoms with van der Waals surface area (Å²) >= 11 is 0. The molecule has 0 unspecified atom stereocenters. The standard InChI is InChI=1S/C23H29FN4O.C6H8O7/c1-19-5-7-21(29-19)17-27(11-4-10-26-14-9-25-18-26)16-20-6-8-23(22(24)15-20)28-12-2-3-13-28;7-3(8)1-6(13,5(11)12)2-4(9)10/h5-9,14-15,18H,2-4,10-13,16-17H2,1H3;13H,1-2H2,(H,7,8)(H,9,10)(H,11,12). The van der Waals surface area contributed by atoms with E-state index >= 15 is 0 Å². The Morgan fingerprint density at radius 1 is 1.05 bits per heavy atom. The van der Waals surface area contributed by atoms with Gasteiger partial charge >= 0.3 is 17.9 Å². The largest absolute Gasteiger partial charge is 0.481 e. The highest BCUT2D eigenvalue weighted by Crippen LogP contribution is 2.25. The number of rotatable bonds is 14. The Morgan fingerprint density at radius 2 is 1.74 bits per heavy atom. The number of anilines is 1. The van der Waals surface area contributed by atoms with Crippen molar-refractivity contribution in [1.82, 2.24) is 14.5 Å². The minimum atomic E-state index is -2.74. The number of hydrogen-bond acceptors (Lipinski definition) is 8. The highest BCUT2D eigenvalue weighted by atomic mass is 19.1. The van der Waals surface area contributed by atoms with Gasteiger partial charge in [-0.3, -0.25) is 14.5 Å². The number of aryl methyl sites for hydroxylation is 2. The lowest BCUT2D eigenvalue weighted by Gasteiger charge is -2.23. The van der Waals surface area contributed by atoms with Crippen molar-refractivity contribution in [2.75, 3.05) is 24.5 Å². The predicted octanol–water partition coefficient (Wildman–Crippen LogP) is 3.37. The molecule has 13 heteroatoms. The number of hydrogen-bond donors (Lipinski definition) is 4. The number of halogens is 1. The average molecular weight is 589 g/mol. The normalized spacial score (nSPS) is 13.2. The van der Waals surface area contributed by atoms with Crippen molar-refractivity contribution in [1.29, 1.82) is 0 Å². The summed E-state index contributed by atoms with van der Waals surface area (Å²) in [5.41, 5.74) is -1.01. The Balaban J connectivity index is 0.000000316. The van der Waals surface area contributed by atoms with Crippen LogP contribution in [-0.2, 0) is 34.0 Å². The van der Waals surface area contributed by atoms with Gasteiger partial charge in [0.25, 0.3) is 0 Å². The van der Waals surface area contributed by atoms with Crippen LogP contribution in [0, 0.1) is 12.7 Å². The number of imidazole rings is 1. The first-order valence-electron chi connectivity index (χ1n) is 13.6. The number of carboxylic acids is 3. The maximum atomic E-state index is 14.7. The molecule has 4 N–H and O–H groups in total. The van der Waals surface area contributed by atoms with Crippen LogP contribution < -0.4 is 4.90 Å². The molecule has 1 aliphatic heterocycles. The summed E-state index contributed by atoms with van der Waals surface area (Å²) in [4.78, 5) is 39.0. The zero-order valence-corrected chi connectivity index (χ0v) is 23.5. The zero-order chi connectivity index (χ0) is 30.7. The van der Waals surface area contributed by atoms with Gasteiger partial charge in [0, 0.05) is 45.1 Å². The minimum Gasteiger partial charge on any atom is -0.481 e. The van der Waals surface area contributed by atoms with Crippen molar-refractivity contribution in [2.45, 2.75) is 64.3 Å². The average Bonchev–Trinajstić information content (AvgIpc) is 3.68. The second kappa shape index (κ2) is 15.1. The van der Waals surface area contributed by atoms with Gasteiger partial charge in [-0.1, -0.05) is 6.07 Å². The fourth-order valence-corrected chi connectivity index (χ4v) is 4.74. The number of benzene rings is 1. The SMILES string of the molecule is Cc1ccc(CN(CCCn2ccnc2)Cc2ccc(N3CCCC3)c(F)c2)o1.O=C(O)CC(O)(CC(=O)O)C(=O)O. The summed E-state index contributed by atoms with van der Waals surface area (Å²) in [6.45, 7) is 7.08. The highest BCUT2D eigenvalue weighted by molar-refractivity contribution is 5.88. The van der Waals surface area contributed by atoms with Crippen LogP contribution in [-0.4, -0.2) is 78.0 Å². The summed E-state index contributed by atoms with van der Waals surface area (Å²) in [5, 5.41) is 33.8. The molecule has 1 aromatic carbocycles. The van der Waals surface area contributed by atoms with Crippen LogP contribution in [0.4, 0.5) is 10.1 Å². The van der Waals surface area contributed by atoms with Crippen molar-refractivity contribution in [3.63, 3.8) is 0 Å². The van der Waals surface area contributed by atoms with Crippen molar-refractivity contribution in [3.8, 4) is 0 Å². The molecule has 4 rings (SSSR count). The van der Waals surface area contributed by atoms with E-state index in [-0.39, 0.29) is 5.82 Å². The summed E-state index contributed by atoms with van der Waals surface area (Å²) in [5.74, 6) is -3.27. The second-order valence-corrected chi connectivity index (χ2v) is 10.3. The van der Waals surface area contributed by atoms with Gasteiger partial charge in [0.15, 0.2) is 5.60 Å². The molecular formula is C29H37FN4O8. The molecule has 42 heavy (non-hydrogen) atoms. The van der Waals surface area contributed by atoms with E-state index in [9.17, 15) is 18.8 Å². The first-order valence-corrected chi connectivity index (χ1v) is 13.6. The molecule has 0 bridgehead atoms. The smallest absolute Gasteiger partial charge is 0.336 e. The number of nitrogens with zero attached hydrogens (tertiary/aromatic N) is 4. The summed E-state index contributed by atoms with van der Waals surface area (Å²) in [6.07, 6.45) is 6.62. The molecule has 0 spiro atoms. The Morgan fingerprint density at radius 3 is 2.26 bits per heavy atom. The molecule has 228 valence electrons. The van der Waals surface area contributed by atoms with Crippen LogP contribution in [0.1, 0.15) is 49.2 Å². The Bertz CT molecular complexity index is 1300. The third kappa shape index (κ3) is 10.00. The molecule has 0 aliphatic carbocycles. The van der Waals surface area contributed by atoms with Gasteiger partial charge in [-0.2, -0.15) is 0 Å². The number of furan rings is 1. The molecule has 1 fully saturated rings. The Labute approximate surface area is 242 Å². The van der Waals surface area contributed by atoms with Gasteiger partial charge in [0.05, 0.1) is 31.4 Å². The predicted molar refractivity (Wildman–Crippen MR) is 149 cm³/mol. The van der Waals surface area contributed by atoms with Gasteiger partial charge < -0.3 is 34.3 Å². The van der Waals surface area contributed by atoms with Crippen molar-refractivity contribution >= 4 is 23.6 Å². The van der Waals surface area contributed by atoms with Crippen molar-refractivity contribution in [2.24, 2.45) is 0 Å². The van der Waals surface area contributed by atoms with Crippen LogP contribution in [0.3, 0.4) is 0 Å². The number of aromatic nitrogens is 2. The maximum Gasteiger partial charge on any atom is 0.336 e. The fourth-order valence-electron chi connectivity index (χ4n) is 4.74. The number of aliphatic carboxylic acids is 3. The fraction of sp³-hybridized carbons (Fsp3) is 0.448. The van der Waals surface area contributed by atoms with Gasteiger partial charge in [-0.05, 0) is 56.0 Å². The Kier molecular flexibility index (Phi) is 11.6. The van der Waals surface area contributed by atoms with E-state index in [1.54, 1.807) is 12.3 Å². The van der Waals surface area contributed by atoms with Crippen LogP contribution in [0.5, 0.6) is 0 Å². The molecule has 1 saturated heterocycles. The molecule has 0 saturated carbocycles. The van der Waals surface area contributed by atoms with E-state index in [4.69, 9.17) is 24.8 Å². The minimum absolute atomic E-state index is 0.114. The molecule has 12 nitrogen and oxygen atoms in total. The monoisotopic (exact) mass is 588 g/mol. The van der Waals surface area contributed by atoms with Crippen LogP contribution >= 0.6 is 0 Å². The molecule has 0 amide bonds. The van der Waals surface area contributed by atoms with Gasteiger partial charge in [-0.25, -0.2) is 14.2 Å². The molecule has 3 heterocycles. The van der Waals surface area contributed by atoms with Gasteiger partial charge in [0.2, 0.25) is 0 Å². The number of aliphatic hydroxyl groups is 1. The van der Waals surface area contributed by atoms with E-state index in [2.05, 4.69) is 25.4 Å². The zero-order valence-electron chi connectivity index (χ0n) is 23.5. The lowest BCUT2D eigenvalue weighted by Crippen LogP contribution is -2.42. The van der Waals surface area contributed by atoms with E-state index < -0.39 is 36.4 Å². The quantitative estimate of drug-likeness (QED) is 0.218. The van der Waals surface area contributed by atoms with E-state index in [0.717, 1.165) is 68.2 Å². The van der Waals surface area contributed by atoms with E-state index in [0.29, 0.717) is 13.1 Å². The number of carboxylic acid groups (broad SMARTS) is 3. The van der Waals surface area contributed by atoms with Crippen molar-refractivity contribution < 1.29 is 43.6 Å². The first kappa shape index (κ1) is 32.3. The molecule has 0 atom stereocenters. The topological polar surface area (TPSA) is 170 Å². The molecule has 3 aromatic rings. The third-order valence-electron chi connectivity index (χ3n) is 6.78. The maximum absolute atomic E-state index is 14.7. The van der Waals surface area contributed by atoms with Gasteiger partial charge in [0.1, 0.15) is 17.3 Å². The van der Waals surface area contributed by atoms with Gasteiger partial charge in [-0.15, -0.1) is 0 Å². The second-order valence-electron chi connectivity index (χ2n) is 10.3. The summed E-state index contributed by atoms with van der Waals surface area (Å²) in [6, 6.07) is 9.71. The van der Waals surface area contributed by atoms with Crippen molar-refractivity contribution in [3.05, 3.63) is 72.0 Å². The lowest BCUT2D eigenvalue weighted by atomic mass is 9.96. The third-order valence-corrected chi connectivity index (χ3v) is 6.78. The highest BCUT2D eigenvalue weighted by Gasteiger charge is 2.40. The molecule has 0 radical (unpaired) electrons. The van der Waals surface area contributed by atoms with Crippen LogP contribution in [0.15, 0.2) is 53.5 Å². The van der Waals surface area contributed by atoms with E-state index in [1.165, 1.54) is 0 Å². The first-order chi connectivity index (χ1) is 19.9. The lowest BCUT2D eigenvalue weighted by molar-refractivity contribution is -0.170. The van der Waals surface area contributed by atoms with Crippen LogP contribution in [0.2, 0.25) is 0 Å². The van der Waals surface area contributed by atoms with Crippen LogP contribution in [0.25, 0.3) is 0 Å². The van der Waals surface area contributed by atoms with E-state index in [1.807, 2.05) is 37.6 Å². The molecule has 1 aliphatic rings. The molecule has 2 aromatic heterocycles. The Hall–Kier alpha value is -4.23. The summed E-state index contributed by atoms with van der Waals surface area (Å²) < 4.78 is 22.6. The summed E-state index contributed by atoms with van der Waals surface area (Å²) in [7, 11) is 0. The molecular weight excluding hydrogens is 551 g/mol. The number of carbonyl (C=O) groups is 3.